The third kappa shape index (κ3) is 2.03. The van der Waals surface area contributed by atoms with Crippen molar-refractivity contribution in [3.05, 3.63) is 46.9 Å². The molecule has 1 aromatic carbocycles. The first-order valence-electron chi connectivity index (χ1n) is 5.99. The first-order chi connectivity index (χ1) is 8.34. The fourth-order valence-electron chi connectivity index (χ4n) is 2.34. The van der Waals surface area contributed by atoms with E-state index in [1.807, 2.05) is 6.07 Å². The summed E-state index contributed by atoms with van der Waals surface area (Å²) in [6.45, 7) is 0. The molecular weight excluding hydrogens is 228 g/mol. The van der Waals surface area contributed by atoms with Crippen LogP contribution in [-0.4, -0.2) is 9.97 Å². The molecular formula is C14H14N2S. The minimum Gasteiger partial charge on any atom is -0.330 e. The summed E-state index contributed by atoms with van der Waals surface area (Å²) in [6, 6.07) is 10.6. The third-order valence-electron chi connectivity index (χ3n) is 3.47. The second-order valence-electron chi connectivity index (χ2n) is 4.50. The van der Waals surface area contributed by atoms with Crippen molar-refractivity contribution in [2.45, 2.75) is 25.2 Å². The van der Waals surface area contributed by atoms with Crippen molar-refractivity contribution < 1.29 is 0 Å². The molecule has 1 N–H and O–H groups in total. The number of aromatic nitrogens is 2. The first kappa shape index (κ1) is 10.7. The van der Waals surface area contributed by atoms with Gasteiger partial charge in [-0.2, -0.15) is 0 Å². The van der Waals surface area contributed by atoms with Crippen molar-refractivity contribution in [1.29, 1.82) is 0 Å². The maximum atomic E-state index is 5.08. The normalized spacial score (nSPS) is 15.5. The quantitative estimate of drug-likeness (QED) is 0.804. The van der Waals surface area contributed by atoms with E-state index in [1.165, 1.54) is 30.4 Å². The highest BCUT2D eigenvalue weighted by atomic mass is 32.1. The Morgan fingerprint density at radius 3 is 2.71 bits per heavy atom. The van der Waals surface area contributed by atoms with Gasteiger partial charge in [-0.1, -0.05) is 30.7 Å². The Hall–Kier alpha value is -1.48. The van der Waals surface area contributed by atoms with Gasteiger partial charge < -0.3 is 4.98 Å². The van der Waals surface area contributed by atoms with Crippen LogP contribution in [0.3, 0.4) is 0 Å². The first-order valence-corrected chi connectivity index (χ1v) is 6.40. The van der Waals surface area contributed by atoms with Crippen LogP contribution in [0.25, 0.3) is 11.3 Å². The van der Waals surface area contributed by atoms with Crippen LogP contribution in [0.2, 0.25) is 0 Å². The highest BCUT2D eigenvalue weighted by Crippen LogP contribution is 2.40. The number of H-pyrrole nitrogens is 1. The molecule has 0 spiro atoms. The van der Waals surface area contributed by atoms with E-state index in [1.54, 1.807) is 6.20 Å². The van der Waals surface area contributed by atoms with E-state index in [2.05, 4.69) is 34.2 Å². The lowest BCUT2D eigenvalue weighted by molar-refractivity contribution is 0.420. The molecule has 3 rings (SSSR count). The van der Waals surface area contributed by atoms with Crippen molar-refractivity contribution in [2.75, 3.05) is 0 Å². The van der Waals surface area contributed by atoms with Gasteiger partial charge in [-0.15, -0.1) is 0 Å². The van der Waals surface area contributed by atoms with Crippen LogP contribution in [0.5, 0.6) is 0 Å². The van der Waals surface area contributed by atoms with Gasteiger partial charge in [-0.05, 0) is 42.6 Å². The van der Waals surface area contributed by atoms with Gasteiger partial charge in [-0.25, -0.2) is 4.98 Å². The Morgan fingerprint density at radius 1 is 1.18 bits per heavy atom. The van der Waals surface area contributed by atoms with E-state index >= 15 is 0 Å². The van der Waals surface area contributed by atoms with Crippen LogP contribution in [0, 0.1) is 4.77 Å². The molecule has 86 valence electrons. The molecule has 2 nitrogen and oxygen atoms in total. The van der Waals surface area contributed by atoms with Gasteiger partial charge in [0.1, 0.15) is 0 Å². The van der Waals surface area contributed by atoms with E-state index in [4.69, 9.17) is 12.2 Å². The number of hydrogen-bond donors (Lipinski definition) is 1. The molecule has 1 aliphatic carbocycles. The summed E-state index contributed by atoms with van der Waals surface area (Å²) in [6.07, 6.45) is 5.74. The Balaban J connectivity index is 2.10. The molecule has 0 unspecified atom stereocenters. The van der Waals surface area contributed by atoms with E-state index in [0.717, 1.165) is 11.6 Å². The number of hydrogen-bond acceptors (Lipinski definition) is 2. The summed E-state index contributed by atoms with van der Waals surface area (Å²) in [4.78, 5) is 7.20. The van der Waals surface area contributed by atoms with Gasteiger partial charge >= 0.3 is 0 Å². The van der Waals surface area contributed by atoms with Crippen LogP contribution in [-0.2, 0) is 0 Å². The smallest absolute Gasteiger partial charge is 0.197 e. The van der Waals surface area contributed by atoms with Crippen molar-refractivity contribution in [2.24, 2.45) is 0 Å². The topological polar surface area (TPSA) is 28.7 Å². The van der Waals surface area contributed by atoms with Crippen molar-refractivity contribution in [1.82, 2.24) is 9.97 Å². The van der Waals surface area contributed by atoms with E-state index in [0.29, 0.717) is 4.77 Å². The summed E-state index contributed by atoms with van der Waals surface area (Å²) in [7, 11) is 0. The predicted molar refractivity (Wildman–Crippen MR) is 71.4 cm³/mol. The molecule has 0 radical (unpaired) electrons. The molecule has 1 fully saturated rings. The minimum absolute atomic E-state index is 0.547. The Bertz CT molecular complexity index is 585. The van der Waals surface area contributed by atoms with Gasteiger partial charge in [0.2, 0.25) is 0 Å². The van der Waals surface area contributed by atoms with Gasteiger partial charge in [-0.3, -0.25) is 0 Å². The minimum atomic E-state index is 0.547. The largest absolute Gasteiger partial charge is 0.330 e. The predicted octanol–water partition coefficient (Wildman–Crippen LogP) is 4.07. The van der Waals surface area contributed by atoms with Crippen LogP contribution in [0.1, 0.15) is 30.7 Å². The second kappa shape index (κ2) is 4.41. The lowest BCUT2D eigenvalue weighted by Crippen LogP contribution is -2.10. The van der Waals surface area contributed by atoms with Crippen LogP contribution >= 0.6 is 12.2 Å². The molecule has 3 heteroatoms. The van der Waals surface area contributed by atoms with Crippen LogP contribution in [0.15, 0.2) is 36.5 Å². The van der Waals surface area contributed by atoms with E-state index in [9.17, 15) is 0 Å². The zero-order valence-corrected chi connectivity index (χ0v) is 10.3. The Morgan fingerprint density at radius 2 is 2.00 bits per heavy atom. The molecule has 0 aliphatic heterocycles. The molecule has 17 heavy (non-hydrogen) atoms. The zero-order chi connectivity index (χ0) is 11.7. The van der Waals surface area contributed by atoms with E-state index < -0.39 is 0 Å². The number of rotatable bonds is 2. The summed E-state index contributed by atoms with van der Waals surface area (Å²) >= 11 is 5.08. The molecule has 1 saturated carbocycles. The SMILES string of the molecule is S=c1nccc(-c2ccccc2C2CCC2)[nH]1. The molecule has 0 amide bonds. The molecule has 0 bridgehead atoms. The lowest BCUT2D eigenvalue weighted by atomic mass is 9.78. The highest BCUT2D eigenvalue weighted by Gasteiger charge is 2.22. The number of nitrogens with one attached hydrogen (secondary N) is 1. The fourth-order valence-corrected chi connectivity index (χ4v) is 2.51. The molecule has 0 atom stereocenters. The van der Waals surface area contributed by atoms with Crippen molar-refractivity contribution >= 4 is 12.2 Å². The fraction of sp³-hybridized carbons (Fsp3) is 0.286. The second-order valence-corrected chi connectivity index (χ2v) is 4.89. The monoisotopic (exact) mass is 242 g/mol. The van der Waals surface area contributed by atoms with Crippen molar-refractivity contribution in [3.8, 4) is 11.3 Å². The number of benzene rings is 1. The molecule has 1 aromatic heterocycles. The van der Waals surface area contributed by atoms with E-state index in [-0.39, 0.29) is 0 Å². The highest BCUT2D eigenvalue weighted by molar-refractivity contribution is 7.71. The third-order valence-corrected chi connectivity index (χ3v) is 3.68. The Kier molecular flexibility index (Phi) is 2.77. The summed E-state index contributed by atoms with van der Waals surface area (Å²) in [5.41, 5.74) is 3.79. The molecule has 0 saturated heterocycles. The summed E-state index contributed by atoms with van der Waals surface area (Å²) < 4.78 is 0.547. The lowest BCUT2D eigenvalue weighted by Gasteiger charge is -2.27. The average molecular weight is 242 g/mol. The van der Waals surface area contributed by atoms with Gasteiger partial charge in [0.05, 0.1) is 0 Å². The van der Waals surface area contributed by atoms with Crippen LogP contribution < -0.4 is 0 Å². The molecule has 1 aliphatic rings. The standard InChI is InChI=1S/C14H14N2S/c17-14-15-9-8-13(16-14)12-7-2-1-6-11(12)10-4-3-5-10/h1-2,6-10H,3-5H2,(H,15,16,17). The van der Waals surface area contributed by atoms with Gasteiger partial charge in [0, 0.05) is 17.5 Å². The van der Waals surface area contributed by atoms with Crippen molar-refractivity contribution in [3.63, 3.8) is 0 Å². The number of aromatic amines is 1. The Labute approximate surface area is 106 Å². The van der Waals surface area contributed by atoms with Gasteiger partial charge in [0.25, 0.3) is 0 Å². The molecule has 1 heterocycles. The summed E-state index contributed by atoms with van der Waals surface area (Å²) in [5.74, 6) is 0.723. The maximum absolute atomic E-state index is 5.08. The number of nitrogens with zero attached hydrogens (tertiary/aromatic N) is 1. The van der Waals surface area contributed by atoms with Crippen LogP contribution in [0.4, 0.5) is 0 Å². The maximum Gasteiger partial charge on any atom is 0.197 e. The average Bonchev–Trinajstić information content (AvgIpc) is 2.27. The van der Waals surface area contributed by atoms with Gasteiger partial charge in [0.15, 0.2) is 4.77 Å². The summed E-state index contributed by atoms with van der Waals surface area (Å²) in [5, 5.41) is 0. The zero-order valence-electron chi connectivity index (χ0n) is 9.52. The molecule has 2 aromatic rings.